The van der Waals surface area contributed by atoms with Gasteiger partial charge >= 0.3 is 5.97 Å². The van der Waals surface area contributed by atoms with E-state index in [-0.39, 0.29) is 23.3 Å². The molecule has 0 fully saturated rings. The summed E-state index contributed by atoms with van der Waals surface area (Å²) in [6.45, 7) is 7.66. The average Bonchev–Trinajstić information content (AvgIpc) is 2.15. The van der Waals surface area contributed by atoms with Gasteiger partial charge in [-0.15, -0.1) is 0 Å². The maximum atomic E-state index is 11.4. The van der Waals surface area contributed by atoms with Gasteiger partial charge in [-0.2, -0.15) is 0 Å². The Bertz CT molecular complexity index is 173. The lowest BCUT2D eigenvalue weighted by molar-refractivity contribution is -0.171. The summed E-state index contributed by atoms with van der Waals surface area (Å²) in [5.41, 5.74) is -1.30. The van der Waals surface area contributed by atoms with E-state index in [0.717, 1.165) is 6.42 Å². The third kappa shape index (κ3) is 3.61. The highest BCUT2D eigenvalue weighted by Crippen LogP contribution is 2.25. The maximum Gasteiger partial charge on any atom is 0.338 e. The molecule has 0 aliphatic heterocycles. The first-order chi connectivity index (χ1) is 6.02. The molecule has 14 heavy (non-hydrogen) atoms. The maximum absolute atomic E-state index is 11.4. The first-order valence-electron chi connectivity index (χ1n) is 4.92. The number of hydrogen-bond donors (Lipinski definition) is 1. The molecule has 0 aromatic rings. The van der Waals surface area contributed by atoms with Gasteiger partial charge in [0.05, 0.1) is 6.61 Å². The second-order valence-electron chi connectivity index (χ2n) is 3.31. The van der Waals surface area contributed by atoms with Crippen LogP contribution in [0.15, 0.2) is 0 Å². The molecule has 0 heterocycles. The number of esters is 1. The van der Waals surface area contributed by atoms with Crippen LogP contribution in [0.2, 0.25) is 0 Å². The molecular formula is C10H23AlO3. The van der Waals surface area contributed by atoms with Gasteiger partial charge in [0.15, 0.2) is 23.0 Å². The zero-order valence-electron chi connectivity index (χ0n) is 8.96. The Morgan fingerprint density at radius 2 is 1.93 bits per heavy atom. The molecule has 3 nitrogen and oxygen atoms in total. The summed E-state index contributed by atoms with van der Waals surface area (Å²) in [4.78, 5) is 11.4. The van der Waals surface area contributed by atoms with Crippen molar-refractivity contribution in [3.8, 4) is 0 Å². The lowest BCUT2D eigenvalue weighted by atomic mass is 9.85. The Balaban J connectivity index is 0. The molecule has 0 saturated heterocycles. The molecule has 2 atom stereocenters. The van der Waals surface area contributed by atoms with Crippen LogP contribution in [0.4, 0.5) is 0 Å². The van der Waals surface area contributed by atoms with E-state index in [1.807, 2.05) is 13.8 Å². The first-order valence-corrected chi connectivity index (χ1v) is 4.92. The molecule has 0 aliphatic rings. The topological polar surface area (TPSA) is 46.5 Å². The Morgan fingerprint density at radius 3 is 2.21 bits per heavy atom. The van der Waals surface area contributed by atoms with Crippen molar-refractivity contribution >= 4 is 23.3 Å². The highest BCUT2D eigenvalue weighted by atomic mass is 27.0. The summed E-state index contributed by atoms with van der Waals surface area (Å²) in [5, 5.41) is 10.0. The van der Waals surface area contributed by atoms with Crippen molar-refractivity contribution in [3.05, 3.63) is 0 Å². The molecule has 84 valence electrons. The van der Waals surface area contributed by atoms with E-state index in [4.69, 9.17) is 4.74 Å². The van der Waals surface area contributed by atoms with Crippen molar-refractivity contribution in [3.63, 3.8) is 0 Å². The molecule has 4 heteroatoms. The zero-order chi connectivity index (χ0) is 10.5. The van der Waals surface area contributed by atoms with Crippen LogP contribution in [0.25, 0.3) is 0 Å². The molecule has 0 aliphatic carbocycles. The monoisotopic (exact) mass is 218 g/mol. The number of rotatable bonds is 5. The quantitative estimate of drug-likeness (QED) is 0.541. The van der Waals surface area contributed by atoms with Gasteiger partial charge in [-0.05, 0) is 19.3 Å². The van der Waals surface area contributed by atoms with Crippen LogP contribution in [0.1, 0.15) is 40.5 Å². The van der Waals surface area contributed by atoms with Gasteiger partial charge in [0.25, 0.3) is 0 Å². The highest BCUT2D eigenvalue weighted by molar-refractivity contribution is 5.79. The van der Waals surface area contributed by atoms with Crippen LogP contribution in [0.3, 0.4) is 0 Å². The second-order valence-corrected chi connectivity index (χ2v) is 3.31. The fourth-order valence-electron chi connectivity index (χ4n) is 1.29. The molecule has 0 amide bonds. The van der Waals surface area contributed by atoms with Gasteiger partial charge < -0.3 is 9.84 Å². The third-order valence-corrected chi connectivity index (χ3v) is 2.60. The molecule has 0 radical (unpaired) electrons. The number of ether oxygens (including phenoxy) is 1. The van der Waals surface area contributed by atoms with Crippen LogP contribution in [0, 0.1) is 5.92 Å². The van der Waals surface area contributed by atoms with Crippen LogP contribution in [-0.4, -0.2) is 40.6 Å². The summed E-state index contributed by atoms with van der Waals surface area (Å²) in [6, 6.07) is 0. The van der Waals surface area contributed by atoms with Crippen molar-refractivity contribution < 1.29 is 14.6 Å². The Labute approximate surface area is 97.0 Å². The highest BCUT2D eigenvalue weighted by Gasteiger charge is 2.40. The van der Waals surface area contributed by atoms with Crippen molar-refractivity contribution in [2.75, 3.05) is 6.61 Å². The first kappa shape index (κ1) is 16.4. The van der Waals surface area contributed by atoms with Gasteiger partial charge in [-0.25, -0.2) is 4.79 Å². The fraction of sp³-hybridized carbons (Fsp3) is 0.900. The van der Waals surface area contributed by atoms with Crippen molar-refractivity contribution in [2.45, 2.75) is 46.1 Å². The summed E-state index contributed by atoms with van der Waals surface area (Å²) < 4.78 is 4.83. The third-order valence-electron chi connectivity index (χ3n) is 2.60. The van der Waals surface area contributed by atoms with Crippen molar-refractivity contribution in [1.82, 2.24) is 0 Å². The summed E-state index contributed by atoms with van der Waals surface area (Å²) >= 11 is 0. The minimum absolute atomic E-state index is 0. The van der Waals surface area contributed by atoms with Crippen molar-refractivity contribution in [1.29, 1.82) is 0 Å². The summed E-state index contributed by atoms with van der Waals surface area (Å²) in [5.74, 6) is -0.552. The Kier molecular flexibility index (Phi) is 8.53. The number of aliphatic hydroxyl groups is 1. The predicted octanol–water partition coefficient (Wildman–Crippen LogP) is 0.553. The number of carbonyl (C=O) groups excluding carboxylic acids is 1. The molecule has 0 bridgehead atoms. The predicted molar refractivity (Wildman–Crippen MR) is 61.3 cm³/mol. The lowest BCUT2D eigenvalue weighted by Gasteiger charge is -2.29. The van der Waals surface area contributed by atoms with Crippen LogP contribution in [-0.2, 0) is 9.53 Å². The van der Waals surface area contributed by atoms with E-state index in [0.29, 0.717) is 13.0 Å². The largest absolute Gasteiger partial charge is 0.464 e. The molecule has 0 spiro atoms. The summed E-state index contributed by atoms with van der Waals surface area (Å²) in [6.07, 6.45) is 1.17. The number of carbonyl (C=O) groups is 1. The van der Waals surface area contributed by atoms with E-state index in [1.165, 1.54) is 0 Å². The van der Waals surface area contributed by atoms with Crippen LogP contribution in [0.5, 0.6) is 0 Å². The molecule has 1 N–H and O–H groups in total. The molecule has 2 unspecified atom stereocenters. The molecule has 0 saturated carbocycles. The summed E-state index contributed by atoms with van der Waals surface area (Å²) in [7, 11) is 0. The SMILES string of the molecule is CCOC(=O)C(O)(CC)C(C)CC.[AlH3]. The minimum Gasteiger partial charge on any atom is -0.464 e. The molecule has 0 aromatic heterocycles. The normalized spacial score (nSPS) is 16.4. The van der Waals surface area contributed by atoms with Crippen LogP contribution < -0.4 is 0 Å². The van der Waals surface area contributed by atoms with E-state index in [2.05, 4.69) is 0 Å². The fourth-order valence-corrected chi connectivity index (χ4v) is 1.29. The van der Waals surface area contributed by atoms with Crippen molar-refractivity contribution in [2.24, 2.45) is 5.92 Å². The van der Waals surface area contributed by atoms with E-state index in [1.54, 1.807) is 13.8 Å². The van der Waals surface area contributed by atoms with E-state index in [9.17, 15) is 9.90 Å². The van der Waals surface area contributed by atoms with Gasteiger partial charge in [0, 0.05) is 0 Å². The van der Waals surface area contributed by atoms with Gasteiger partial charge in [-0.1, -0.05) is 27.2 Å². The van der Waals surface area contributed by atoms with Gasteiger partial charge in [-0.3, -0.25) is 0 Å². The lowest BCUT2D eigenvalue weighted by Crippen LogP contribution is -2.45. The van der Waals surface area contributed by atoms with Gasteiger partial charge in [0.2, 0.25) is 0 Å². The molecule has 0 aromatic carbocycles. The van der Waals surface area contributed by atoms with Crippen LogP contribution >= 0.6 is 0 Å². The zero-order valence-corrected chi connectivity index (χ0v) is 8.96. The smallest absolute Gasteiger partial charge is 0.338 e. The molecular weight excluding hydrogens is 195 g/mol. The van der Waals surface area contributed by atoms with Gasteiger partial charge in [0.1, 0.15) is 0 Å². The molecule has 0 rings (SSSR count). The number of hydrogen-bond acceptors (Lipinski definition) is 3. The standard InChI is InChI=1S/C10H20O3.Al.3H/c1-5-8(4)10(12,6-2)9(11)13-7-3;;;;/h8,12H,5-7H2,1-4H3;;;;. The Morgan fingerprint density at radius 1 is 1.43 bits per heavy atom. The second kappa shape index (κ2) is 7.28. The van der Waals surface area contributed by atoms with E-state index >= 15 is 0 Å². The average molecular weight is 218 g/mol. The minimum atomic E-state index is -1.30. The van der Waals surface area contributed by atoms with E-state index < -0.39 is 11.6 Å². The Hall–Kier alpha value is -0.0375.